The van der Waals surface area contributed by atoms with E-state index in [1.165, 1.54) is 30.3 Å². The van der Waals surface area contributed by atoms with E-state index in [1.54, 1.807) is 13.0 Å². The second kappa shape index (κ2) is 8.64. The van der Waals surface area contributed by atoms with E-state index in [9.17, 15) is 27.2 Å². The summed E-state index contributed by atoms with van der Waals surface area (Å²) in [5.74, 6) is -6.66. The van der Waals surface area contributed by atoms with Gasteiger partial charge in [-0.05, 0) is 48.9 Å². The second-order valence-corrected chi connectivity index (χ2v) is 6.27. The SMILES string of the molecule is Cc1ccc(C(=O)NNc2ccc(F)c(F)c2F)cc1NC(=O)c1ccccc1F. The Labute approximate surface area is 168 Å². The van der Waals surface area contributed by atoms with Crippen LogP contribution in [-0.4, -0.2) is 11.8 Å². The van der Waals surface area contributed by atoms with E-state index in [-0.39, 0.29) is 16.8 Å². The minimum atomic E-state index is -1.68. The summed E-state index contributed by atoms with van der Waals surface area (Å²) in [6.45, 7) is 1.67. The van der Waals surface area contributed by atoms with Gasteiger partial charge in [-0.1, -0.05) is 18.2 Å². The Morgan fingerprint density at radius 3 is 2.23 bits per heavy atom. The summed E-state index contributed by atoms with van der Waals surface area (Å²) in [7, 11) is 0. The number of benzene rings is 3. The molecule has 0 atom stereocenters. The number of aryl methyl sites for hydroxylation is 1. The van der Waals surface area contributed by atoms with Crippen molar-refractivity contribution < 1.29 is 27.2 Å². The van der Waals surface area contributed by atoms with Gasteiger partial charge in [-0.15, -0.1) is 0 Å². The number of hydrogen-bond donors (Lipinski definition) is 3. The molecule has 0 aliphatic carbocycles. The maximum Gasteiger partial charge on any atom is 0.269 e. The van der Waals surface area contributed by atoms with Crippen LogP contribution in [0.15, 0.2) is 54.6 Å². The van der Waals surface area contributed by atoms with Crippen molar-refractivity contribution in [2.24, 2.45) is 0 Å². The largest absolute Gasteiger partial charge is 0.322 e. The predicted octanol–water partition coefficient (Wildman–Crippen LogP) is 4.56. The Bertz CT molecular complexity index is 1140. The first kappa shape index (κ1) is 20.8. The molecule has 3 rings (SSSR count). The highest BCUT2D eigenvalue weighted by molar-refractivity contribution is 6.05. The quantitative estimate of drug-likeness (QED) is 0.324. The van der Waals surface area contributed by atoms with Gasteiger partial charge >= 0.3 is 0 Å². The first-order valence-corrected chi connectivity index (χ1v) is 8.64. The Morgan fingerprint density at radius 2 is 1.50 bits per heavy atom. The lowest BCUT2D eigenvalue weighted by Gasteiger charge is -2.13. The number of anilines is 2. The van der Waals surface area contributed by atoms with Gasteiger partial charge < -0.3 is 5.32 Å². The molecule has 3 N–H and O–H groups in total. The molecule has 0 aliphatic heterocycles. The zero-order valence-electron chi connectivity index (χ0n) is 15.5. The molecule has 5 nitrogen and oxygen atoms in total. The van der Waals surface area contributed by atoms with Crippen LogP contribution in [0.1, 0.15) is 26.3 Å². The molecule has 0 aromatic heterocycles. The van der Waals surface area contributed by atoms with Crippen LogP contribution < -0.4 is 16.2 Å². The molecule has 0 aliphatic rings. The summed E-state index contributed by atoms with van der Waals surface area (Å²) in [6.07, 6.45) is 0. The van der Waals surface area contributed by atoms with Gasteiger partial charge in [0.15, 0.2) is 17.5 Å². The van der Waals surface area contributed by atoms with Gasteiger partial charge in [0.25, 0.3) is 11.8 Å². The van der Waals surface area contributed by atoms with E-state index in [4.69, 9.17) is 0 Å². The van der Waals surface area contributed by atoms with Gasteiger partial charge in [-0.25, -0.2) is 17.6 Å². The number of hydrogen-bond acceptors (Lipinski definition) is 3. The van der Waals surface area contributed by atoms with Crippen molar-refractivity contribution in [3.8, 4) is 0 Å². The standard InChI is InChI=1S/C21H15F4N3O2/c1-11-6-7-12(10-17(11)26-21(30)13-4-2-3-5-14(13)22)20(29)28-27-16-9-8-15(23)18(24)19(16)25/h2-10,27H,1H3,(H,26,30)(H,28,29). The first-order chi connectivity index (χ1) is 14.3. The summed E-state index contributed by atoms with van der Waals surface area (Å²) in [4.78, 5) is 24.6. The fraction of sp³-hybridized carbons (Fsp3) is 0.0476. The molecule has 0 heterocycles. The number of hydrazine groups is 1. The Balaban J connectivity index is 1.74. The highest BCUT2D eigenvalue weighted by Gasteiger charge is 2.16. The van der Waals surface area contributed by atoms with Crippen LogP contribution in [0.2, 0.25) is 0 Å². The normalized spacial score (nSPS) is 10.4. The number of amides is 2. The van der Waals surface area contributed by atoms with Gasteiger partial charge in [-0.3, -0.25) is 20.4 Å². The third kappa shape index (κ3) is 4.40. The number of nitrogens with one attached hydrogen (secondary N) is 3. The van der Waals surface area contributed by atoms with Crippen molar-refractivity contribution in [1.82, 2.24) is 5.43 Å². The lowest BCUT2D eigenvalue weighted by molar-refractivity contribution is 0.0960. The summed E-state index contributed by atoms with van der Waals surface area (Å²) in [6, 6.07) is 11.4. The van der Waals surface area contributed by atoms with Crippen LogP contribution in [0.4, 0.5) is 28.9 Å². The van der Waals surface area contributed by atoms with E-state index in [0.29, 0.717) is 11.6 Å². The molecule has 0 saturated heterocycles. The first-order valence-electron chi connectivity index (χ1n) is 8.64. The van der Waals surface area contributed by atoms with E-state index < -0.39 is 40.8 Å². The van der Waals surface area contributed by atoms with E-state index in [0.717, 1.165) is 12.1 Å². The van der Waals surface area contributed by atoms with Gasteiger partial charge in [0.2, 0.25) is 0 Å². The molecule has 2 amide bonds. The van der Waals surface area contributed by atoms with Crippen LogP contribution in [0.25, 0.3) is 0 Å². The fourth-order valence-corrected chi connectivity index (χ4v) is 2.55. The number of carbonyl (C=O) groups excluding carboxylic acids is 2. The Kier molecular flexibility index (Phi) is 6.01. The molecule has 3 aromatic rings. The van der Waals surface area contributed by atoms with E-state index >= 15 is 0 Å². The van der Waals surface area contributed by atoms with Crippen molar-refractivity contribution in [3.63, 3.8) is 0 Å². The van der Waals surface area contributed by atoms with Gasteiger partial charge in [0.05, 0.1) is 11.3 Å². The van der Waals surface area contributed by atoms with Crippen molar-refractivity contribution in [3.05, 3.63) is 94.6 Å². The third-order valence-corrected chi connectivity index (χ3v) is 4.21. The minimum Gasteiger partial charge on any atom is -0.322 e. The summed E-state index contributed by atoms with van der Waals surface area (Å²) in [5.41, 5.74) is 4.62. The molecular formula is C21H15F4N3O2. The monoisotopic (exact) mass is 417 g/mol. The lowest BCUT2D eigenvalue weighted by Crippen LogP contribution is -2.30. The molecule has 3 aromatic carbocycles. The average molecular weight is 417 g/mol. The Hall–Kier alpha value is -3.88. The molecular weight excluding hydrogens is 402 g/mol. The van der Waals surface area contributed by atoms with Gasteiger partial charge in [-0.2, -0.15) is 0 Å². The van der Waals surface area contributed by atoms with Crippen molar-refractivity contribution in [2.75, 3.05) is 10.7 Å². The van der Waals surface area contributed by atoms with Crippen molar-refractivity contribution >= 4 is 23.2 Å². The third-order valence-electron chi connectivity index (χ3n) is 4.21. The van der Waals surface area contributed by atoms with Crippen LogP contribution in [0.3, 0.4) is 0 Å². The summed E-state index contributed by atoms with van der Waals surface area (Å²) < 4.78 is 53.7. The molecule has 30 heavy (non-hydrogen) atoms. The van der Waals surface area contributed by atoms with E-state index in [2.05, 4.69) is 16.2 Å². The van der Waals surface area contributed by atoms with Gasteiger partial charge in [0.1, 0.15) is 5.82 Å². The van der Waals surface area contributed by atoms with Crippen LogP contribution in [0, 0.1) is 30.2 Å². The number of rotatable bonds is 5. The zero-order valence-corrected chi connectivity index (χ0v) is 15.5. The van der Waals surface area contributed by atoms with E-state index in [1.807, 2.05) is 0 Å². The average Bonchev–Trinajstić information content (AvgIpc) is 2.73. The molecule has 0 spiro atoms. The van der Waals surface area contributed by atoms with Crippen LogP contribution >= 0.6 is 0 Å². The zero-order chi connectivity index (χ0) is 21.8. The minimum absolute atomic E-state index is 0.0694. The maximum absolute atomic E-state index is 13.8. The molecule has 0 saturated carbocycles. The summed E-state index contributed by atoms with van der Waals surface area (Å²) in [5, 5.41) is 2.53. The highest BCUT2D eigenvalue weighted by Crippen LogP contribution is 2.20. The smallest absolute Gasteiger partial charge is 0.269 e. The molecule has 0 bridgehead atoms. The Morgan fingerprint density at radius 1 is 0.767 bits per heavy atom. The molecule has 9 heteroatoms. The van der Waals surface area contributed by atoms with Crippen molar-refractivity contribution in [1.29, 1.82) is 0 Å². The second-order valence-electron chi connectivity index (χ2n) is 6.27. The molecule has 0 fully saturated rings. The van der Waals surface area contributed by atoms with Gasteiger partial charge in [0, 0.05) is 11.3 Å². The predicted molar refractivity (Wildman–Crippen MR) is 103 cm³/mol. The highest BCUT2D eigenvalue weighted by atomic mass is 19.2. The number of carbonyl (C=O) groups is 2. The molecule has 0 unspecified atom stereocenters. The molecule has 0 radical (unpaired) electrons. The van der Waals surface area contributed by atoms with Crippen LogP contribution in [-0.2, 0) is 0 Å². The molecule has 154 valence electrons. The summed E-state index contributed by atoms with van der Waals surface area (Å²) >= 11 is 0. The maximum atomic E-state index is 13.8. The number of halogens is 4. The lowest BCUT2D eigenvalue weighted by atomic mass is 10.1. The fourth-order valence-electron chi connectivity index (χ4n) is 2.55. The van der Waals surface area contributed by atoms with Crippen LogP contribution in [0.5, 0.6) is 0 Å². The topological polar surface area (TPSA) is 70.2 Å². The van der Waals surface area contributed by atoms with Crippen molar-refractivity contribution in [2.45, 2.75) is 6.92 Å².